The fourth-order valence-electron chi connectivity index (χ4n) is 0.957. The highest BCUT2D eigenvalue weighted by molar-refractivity contribution is 5.42. The third-order valence-electron chi connectivity index (χ3n) is 1.61. The van der Waals surface area contributed by atoms with E-state index < -0.39 is 28.3 Å². The number of hydrogen-bond acceptors (Lipinski definition) is 4. The summed E-state index contributed by atoms with van der Waals surface area (Å²) < 4.78 is 38.9. The molecule has 0 saturated heterocycles. The Balaban J connectivity index is 3.36. The van der Waals surface area contributed by atoms with Crippen LogP contribution in [0.3, 0.4) is 0 Å². The van der Waals surface area contributed by atoms with Gasteiger partial charge in [-0.1, -0.05) is 0 Å². The number of nitro groups is 1. The van der Waals surface area contributed by atoms with Gasteiger partial charge in [-0.05, 0) is 6.92 Å². The van der Waals surface area contributed by atoms with Gasteiger partial charge in [-0.2, -0.15) is 0 Å². The predicted molar refractivity (Wildman–Crippen MR) is 45.1 cm³/mol. The summed E-state index contributed by atoms with van der Waals surface area (Å²) in [5.41, 5.74) is -2.47. The van der Waals surface area contributed by atoms with Crippen molar-refractivity contribution in [1.82, 2.24) is 4.98 Å². The molecule has 1 rings (SSSR count). The van der Waals surface area contributed by atoms with Crippen LogP contribution in [0, 0.1) is 17.0 Å². The molecule has 1 aromatic rings. The monoisotopic (exact) mass is 238 g/mol. The first-order valence-corrected chi connectivity index (χ1v) is 3.85. The van der Waals surface area contributed by atoms with E-state index in [1.807, 2.05) is 4.98 Å². The largest absolute Gasteiger partial charge is 0.574 e. The summed E-state index contributed by atoms with van der Waals surface area (Å²) in [4.78, 5) is 22.3. The van der Waals surface area contributed by atoms with Crippen molar-refractivity contribution in [3.8, 4) is 5.88 Å². The molecule has 0 spiro atoms. The Labute approximate surface area is 85.8 Å². The van der Waals surface area contributed by atoms with Crippen LogP contribution >= 0.6 is 0 Å². The van der Waals surface area contributed by atoms with Gasteiger partial charge in [-0.3, -0.25) is 14.9 Å². The predicted octanol–water partition coefficient (Wildman–Crippen LogP) is 1.49. The van der Waals surface area contributed by atoms with E-state index in [-0.39, 0.29) is 5.56 Å². The Bertz CT molecular complexity index is 480. The van der Waals surface area contributed by atoms with E-state index in [2.05, 4.69) is 4.74 Å². The van der Waals surface area contributed by atoms with Crippen molar-refractivity contribution in [1.29, 1.82) is 0 Å². The molecule has 0 atom stereocenters. The number of aryl methyl sites for hydroxylation is 1. The zero-order valence-corrected chi connectivity index (χ0v) is 7.79. The van der Waals surface area contributed by atoms with Crippen LogP contribution in [0.2, 0.25) is 0 Å². The molecule has 0 aliphatic carbocycles. The van der Waals surface area contributed by atoms with Crippen molar-refractivity contribution in [2.75, 3.05) is 0 Å². The maximum absolute atomic E-state index is 11.9. The Hall–Kier alpha value is -2.06. The molecule has 0 aliphatic heterocycles. The van der Waals surface area contributed by atoms with Crippen molar-refractivity contribution in [3.63, 3.8) is 0 Å². The van der Waals surface area contributed by atoms with Gasteiger partial charge in [0.1, 0.15) is 0 Å². The van der Waals surface area contributed by atoms with Gasteiger partial charge in [-0.25, -0.2) is 0 Å². The highest BCUT2D eigenvalue weighted by Crippen LogP contribution is 2.26. The molecule has 16 heavy (non-hydrogen) atoms. The lowest BCUT2D eigenvalue weighted by Gasteiger charge is -2.08. The van der Waals surface area contributed by atoms with Gasteiger partial charge >= 0.3 is 12.0 Å². The summed E-state index contributed by atoms with van der Waals surface area (Å²) in [6, 6.07) is 0. The lowest BCUT2D eigenvalue weighted by atomic mass is 10.3. The molecule has 0 amide bonds. The van der Waals surface area contributed by atoms with Gasteiger partial charge in [0.2, 0.25) is 0 Å². The second-order valence-corrected chi connectivity index (χ2v) is 2.78. The number of rotatable bonds is 2. The van der Waals surface area contributed by atoms with Crippen molar-refractivity contribution >= 4 is 5.69 Å². The quantitative estimate of drug-likeness (QED) is 0.624. The number of aromatic amines is 1. The van der Waals surface area contributed by atoms with Crippen LogP contribution in [-0.2, 0) is 0 Å². The average Bonchev–Trinajstić information content (AvgIpc) is 2.08. The van der Waals surface area contributed by atoms with Gasteiger partial charge in [0.15, 0.2) is 0 Å². The Kier molecular flexibility index (Phi) is 2.88. The maximum Gasteiger partial charge on any atom is 0.574 e. The fourth-order valence-corrected chi connectivity index (χ4v) is 0.957. The Morgan fingerprint density at radius 2 is 2.06 bits per heavy atom. The van der Waals surface area contributed by atoms with Crippen molar-refractivity contribution < 1.29 is 22.8 Å². The molecular weight excluding hydrogens is 233 g/mol. The lowest BCUT2D eigenvalue weighted by Crippen LogP contribution is -2.22. The van der Waals surface area contributed by atoms with E-state index in [1.54, 1.807) is 0 Å². The van der Waals surface area contributed by atoms with Crippen LogP contribution in [0.25, 0.3) is 0 Å². The molecule has 6 nitrogen and oxygen atoms in total. The molecule has 0 radical (unpaired) electrons. The van der Waals surface area contributed by atoms with Gasteiger partial charge in [0.05, 0.1) is 4.92 Å². The highest BCUT2D eigenvalue weighted by atomic mass is 19.4. The second-order valence-electron chi connectivity index (χ2n) is 2.78. The maximum atomic E-state index is 11.9. The lowest BCUT2D eigenvalue weighted by molar-refractivity contribution is -0.390. The van der Waals surface area contributed by atoms with Gasteiger partial charge in [-0.15, -0.1) is 13.2 Å². The zero-order chi connectivity index (χ0) is 12.5. The zero-order valence-electron chi connectivity index (χ0n) is 7.79. The van der Waals surface area contributed by atoms with Crippen molar-refractivity contribution in [2.24, 2.45) is 0 Å². The van der Waals surface area contributed by atoms with Crippen molar-refractivity contribution in [2.45, 2.75) is 13.3 Å². The van der Waals surface area contributed by atoms with Crippen LogP contribution in [0.4, 0.5) is 18.9 Å². The SMILES string of the molecule is Cc1c[nH]c(OC(F)(F)F)c([N+](=O)[O-])c1=O. The highest BCUT2D eigenvalue weighted by Gasteiger charge is 2.36. The normalized spacial score (nSPS) is 11.2. The van der Waals surface area contributed by atoms with Gasteiger partial charge < -0.3 is 9.72 Å². The first-order valence-electron chi connectivity index (χ1n) is 3.85. The number of H-pyrrole nitrogens is 1. The topological polar surface area (TPSA) is 85.2 Å². The minimum absolute atomic E-state index is 0.0822. The van der Waals surface area contributed by atoms with E-state index >= 15 is 0 Å². The van der Waals surface area contributed by atoms with E-state index in [0.717, 1.165) is 6.20 Å². The van der Waals surface area contributed by atoms with Crippen LogP contribution in [0.5, 0.6) is 5.88 Å². The molecule has 0 fully saturated rings. The minimum atomic E-state index is -5.11. The average molecular weight is 238 g/mol. The Morgan fingerprint density at radius 1 is 1.50 bits per heavy atom. The van der Waals surface area contributed by atoms with Gasteiger partial charge in [0, 0.05) is 11.8 Å². The summed E-state index contributed by atoms with van der Waals surface area (Å²) in [6.07, 6.45) is -4.21. The molecule has 0 aliphatic rings. The summed E-state index contributed by atoms with van der Waals surface area (Å²) in [6.45, 7) is 1.23. The summed E-state index contributed by atoms with van der Waals surface area (Å²) >= 11 is 0. The Morgan fingerprint density at radius 3 is 2.50 bits per heavy atom. The number of pyridine rings is 1. The molecule has 0 unspecified atom stereocenters. The van der Waals surface area contributed by atoms with E-state index in [4.69, 9.17) is 0 Å². The first-order chi connectivity index (χ1) is 7.22. The standard InChI is InChI=1S/C7H5F3N2O4/c1-3-2-11-6(16-7(8,9)10)4(5(3)13)12(14)15/h2H,1H3,(H,11,13). The molecule has 9 heteroatoms. The number of alkyl halides is 3. The smallest absolute Gasteiger partial charge is 0.382 e. The summed E-state index contributed by atoms with van der Waals surface area (Å²) in [5, 5.41) is 10.4. The fraction of sp³-hybridized carbons (Fsp3) is 0.286. The summed E-state index contributed by atoms with van der Waals surface area (Å²) in [7, 11) is 0. The van der Waals surface area contributed by atoms with Gasteiger partial charge in [0.25, 0.3) is 11.3 Å². The number of ether oxygens (including phenoxy) is 1. The number of nitrogens with zero attached hydrogens (tertiary/aromatic N) is 1. The second kappa shape index (κ2) is 3.83. The minimum Gasteiger partial charge on any atom is -0.382 e. The molecule has 1 heterocycles. The molecule has 0 aromatic carbocycles. The molecular formula is C7H5F3N2O4. The summed E-state index contributed by atoms with van der Waals surface area (Å²) in [5.74, 6) is -1.23. The van der Waals surface area contributed by atoms with Crippen LogP contribution in [0.15, 0.2) is 11.0 Å². The molecule has 1 N–H and O–H groups in total. The first kappa shape index (κ1) is 12.0. The third kappa shape index (κ3) is 2.49. The number of aromatic nitrogens is 1. The van der Waals surface area contributed by atoms with Crippen LogP contribution in [0.1, 0.15) is 5.56 Å². The number of halogens is 3. The van der Waals surface area contributed by atoms with E-state index in [0.29, 0.717) is 0 Å². The van der Waals surface area contributed by atoms with E-state index in [1.165, 1.54) is 6.92 Å². The molecule has 1 aromatic heterocycles. The van der Waals surface area contributed by atoms with Crippen LogP contribution in [-0.4, -0.2) is 16.3 Å². The van der Waals surface area contributed by atoms with Crippen molar-refractivity contribution in [3.05, 3.63) is 32.1 Å². The number of nitrogens with one attached hydrogen (secondary N) is 1. The molecule has 88 valence electrons. The molecule has 0 saturated carbocycles. The molecule has 0 bridgehead atoms. The number of hydrogen-bond donors (Lipinski definition) is 1. The van der Waals surface area contributed by atoms with E-state index in [9.17, 15) is 28.1 Å². The third-order valence-corrected chi connectivity index (χ3v) is 1.61. The van der Waals surface area contributed by atoms with Crippen LogP contribution < -0.4 is 10.2 Å².